The van der Waals surface area contributed by atoms with E-state index in [-0.39, 0.29) is 24.4 Å². The fourth-order valence-corrected chi connectivity index (χ4v) is 2.65. The summed E-state index contributed by atoms with van der Waals surface area (Å²) in [6, 6.07) is 9.89. The van der Waals surface area contributed by atoms with E-state index in [2.05, 4.69) is 0 Å². The smallest absolute Gasteiger partial charge is 0.307 e. The van der Waals surface area contributed by atoms with Gasteiger partial charge in [0.05, 0.1) is 18.5 Å². The van der Waals surface area contributed by atoms with Gasteiger partial charge >= 0.3 is 5.97 Å². The zero-order valence-corrected chi connectivity index (χ0v) is 12.5. The molecule has 0 aliphatic carbocycles. The zero-order valence-electron chi connectivity index (χ0n) is 12.5. The molecule has 1 aromatic carbocycles. The van der Waals surface area contributed by atoms with Crippen molar-refractivity contribution in [2.24, 2.45) is 5.92 Å². The average molecular weight is 290 g/mol. The van der Waals surface area contributed by atoms with Crippen molar-refractivity contribution in [1.82, 2.24) is 9.80 Å². The SMILES string of the molecule is C[C@@H](c1ccccc1)N(C)C(=O)CN1CC[C@@H](C(=O)O)C1. The Hall–Kier alpha value is -1.88. The molecule has 5 heteroatoms. The highest BCUT2D eigenvalue weighted by Gasteiger charge is 2.30. The molecule has 21 heavy (non-hydrogen) atoms. The number of hydrogen-bond donors (Lipinski definition) is 1. The lowest BCUT2D eigenvalue weighted by Gasteiger charge is -2.27. The number of benzene rings is 1. The van der Waals surface area contributed by atoms with Gasteiger partial charge in [0.25, 0.3) is 0 Å². The van der Waals surface area contributed by atoms with E-state index < -0.39 is 5.97 Å². The Labute approximate surface area is 125 Å². The van der Waals surface area contributed by atoms with Crippen LogP contribution < -0.4 is 0 Å². The third kappa shape index (κ3) is 3.82. The standard InChI is InChI=1S/C16H22N2O3/c1-12(13-6-4-3-5-7-13)17(2)15(19)11-18-9-8-14(10-18)16(20)21/h3-7,12,14H,8-11H2,1-2H3,(H,20,21)/t12-,14+/m0/s1. The van der Waals surface area contributed by atoms with E-state index in [0.717, 1.165) is 5.56 Å². The minimum atomic E-state index is -0.768. The molecular weight excluding hydrogens is 268 g/mol. The summed E-state index contributed by atoms with van der Waals surface area (Å²) >= 11 is 0. The highest BCUT2D eigenvalue weighted by Crippen LogP contribution is 2.20. The first-order valence-corrected chi connectivity index (χ1v) is 7.24. The highest BCUT2D eigenvalue weighted by molar-refractivity contribution is 5.78. The van der Waals surface area contributed by atoms with Crippen LogP contribution in [0, 0.1) is 5.92 Å². The van der Waals surface area contributed by atoms with E-state index in [4.69, 9.17) is 5.11 Å². The Morgan fingerprint density at radius 1 is 1.38 bits per heavy atom. The molecule has 2 rings (SSSR count). The summed E-state index contributed by atoms with van der Waals surface area (Å²) < 4.78 is 0. The first-order valence-electron chi connectivity index (χ1n) is 7.24. The number of carboxylic acid groups (broad SMARTS) is 1. The molecule has 1 aliphatic rings. The van der Waals surface area contributed by atoms with Crippen molar-refractivity contribution in [3.8, 4) is 0 Å². The Balaban J connectivity index is 1.90. The van der Waals surface area contributed by atoms with Crippen LogP contribution in [0.2, 0.25) is 0 Å². The Morgan fingerprint density at radius 3 is 2.62 bits per heavy atom. The fraction of sp³-hybridized carbons (Fsp3) is 0.500. The number of aliphatic carboxylic acids is 1. The largest absolute Gasteiger partial charge is 0.481 e. The van der Waals surface area contributed by atoms with Crippen molar-refractivity contribution in [3.63, 3.8) is 0 Å². The van der Waals surface area contributed by atoms with Gasteiger partial charge in [-0.1, -0.05) is 30.3 Å². The van der Waals surface area contributed by atoms with E-state index in [1.807, 2.05) is 42.2 Å². The molecule has 1 aliphatic heterocycles. The van der Waals surface area contributed by atoms with Gasteiger partial charge < -0.3 is 10.0 Å². The summed E-state index contributed by atoms with van der Waals surface area (Å²) in [4.78, 5) is 26.9. The van der Waals surface area contributed by atoms with E-state index in [0.29, 0.717) is 19.5 Å². The lowest BCUT2D eigenvalue weighted by Crippen LogP contribution is -2.39. The molecule has 5 nitrogen and oxygen atoms in total. The fourth-order valence-electron chi connectivity index (χ4n) is 2.65. The lowest BCUT2D eigenvalue weighted by atomic mass is 10.1. The van der Waals surface area contributed by atoms with Crippen LogP contribution in [0.4, 0.5) is 0 Å². The minimum absolute atomic E-state index is 0.0107. The Kier molecular flexibility index (Phi) is 4.96. The van der Waals surface area contributed by atoms with Crippen molar-refractivity contribution in [1.29, 1.82) is 0 Å². The van der Waals surface area contributed by atoms with Gasteiger partial charge in [0.1, 0.15) is 0 Å². The van der Waals surface area contributed by atoms with Crippen molar-refractivity contribution in [3.05, 3.63) is 35.9 Å². The maximum absolute atomic E-state index is 12.3. The second-order valence-electron chi connectivity index (χ2n) is 5.65. The molecule has 0 spiro atoms. The number of likely N-dealkylation sites (N-methyl/N-ethyl adjacent to an activating group) is 1. The molecule has 1 aromatic rings. The summed E-state index contributed by atoms with van der Waals surface area (Å²) in [5.74, 6) is -1.08. The summed E-state index contributed by atoms with van der Waals surface area (Å²) in [7, 11) is 1.80. The van der Waals surface area contributed by atoms with Crippen LogP contribution in [0.25, 0.3) is 0 Å². The van der Waals surface area contributed by atoms with Gasteiger partial charge in [0.2, 0.25) is 5.91 Å². The molecule has 0 aromatic heterocycles. The summed E-state index contributed by atoms with van der Waals surface area (Å²) in [6.45, 7) is 3.43. The average Bonchev–Trinajstić information content (AvgIpc) is 2.95. The number of hydrogen-bond acceptors (Lipinski definition) is 3. The van der Waals surface area contributed by atoms with Crippen molar-refractivity contribution in [2.75, 3.05) is 26.7 Å². The highest BCUT2D eigenvalue weighted by atomic mass is 16.4. The number of carbonyl (C=O) groups is 2. The van der Waals surface area contributed by atoms with Gasteiger partial charge in [0.15, 0.2) is 0 Å². The van der Waals surface area contributed by atoms with Crippen LogP contribution in [-0.2, 0) is 9.59 Å². The normalized spacial score (nSPS) is 20.2. The Morgan fingerprint density at radius 2 is 2.05 bits per heavy atom. The van der Waals surface area contributed by atoms with Gasteiger partial charge in [-0.15, -0.1) is 0 Å². The number of nitrogens with zero attached hydrogens (tertiary/aromatic N) is 2. The van der Waals surface area contributed by atoms with Crippen molar-refractivity contribution in [2.45, 2.75) is 19.4 Å². The second kappa shape index (κ2) is 6.72. The third-order valence-corrected chi connectivity index (χ3v) is 4.24. The van der Waals surface area contributed by atoms with Gasteiger partial charge in [-0.25, -0.2) is 0 Å². The monoisotopic (exact) mass is 290 g/mol. The summed E-state index contributed by atoms with van der Waals surface area (Å²) in [5, 5.41) is 8.99. The summed E-state index contributed by atoms with van der Waals surface area (Å²) in [6.07, 6.45) is 0.626. The van der Waals surface area contributed by atoms with E-state index in [1.54, 1.807) is 11.9 Å². The number of carbonyl (C=O) groups excluding carboxylic acids is 1. The number of amides is 1. The molecule has 114 valence electrons. The number of rotatable bonds is 5. The quantitative estimate of drug-likeness (QED) is 0.895. The summed E-state index contributed by atoms with van der Waals surface area (Å²) in [5.41, 5.74) is 1.10. The molecule has 0 unspecified atom stereocenters. The lowest BCUT2D eigenvalue weighted by molar-refractivity contribution is -0.141. The molecule has 1 N–H and O–H groups in total. The molecule has 1 heterocycles. The van der Waals surface area contributed by atoms with Crippen molar-refractivity contribution >= 4 is 11.9 Å². The molecule has 1 saturated heterocycles. The number of likely N-dealkylation sites (tertiary alicyclic amines) is 1. The molecule has 0 radical (unpaired) electrons. The maximum Gasteiger partial charge on any atom is 0.307 e. The second-order valence-corrected chi connectivity index (χ2v) is 5.65. The number of carboxylic acids is 1. The van der Waals surface area contributed by atoms with E-state index in [1.165, 1.54) is 0 Å². The molecule has 0 saturated carbocycles. The topological polar surface area (TPSA) is 60.9 Å². The van der Waals surface area contributed by atoms with Gasteiger partial charge in [0, 0.05) is 13.6 Å². The first-order chi connectivity index (χ1) is 9.99. The van der Waals surface area contributed by atoms with Crippen LogP contribution in [0.5, 0.6) is 0 Å². The van der Waals surface area contributed by atoms with Gasteiger partial charge in [-0.3, -0.25) is 14.5 Å². The maximum atomic E-state index is 12.3. The first kappa shape index (κ1) is 15.5. The third-order valence-electron chi connectivity index (χ3n) is 4.24. The zero-order chi connectivity index (χ0) is 15.4. The van der Waals surface area contributed by atoms with Crippen LogP contribution in [0.1, 0.15) is 24.9 Å². The van der Waals surface area contributed by atoms with Crippen LogP contribution >= 0.6 is 0 Å². The van der Waals surface area contributed by atoms with Crippen LogP contribution in [0.15, 0.2) is 30.3 Å². The van der Waals surface area contributed by atoms with E-state index >= 15 is 0 Å². The predicted molar refractivity (Wildman–Crippen MR) is 79.8 cm³/mol. The molecule has 1 fully saturated rings. The van der Waals surface area contributed by atoms with Gasteiger partial charge in [-0.05, 0) is 25.5 Å². The molecule has 2 atom stereocenters. The molecule has 0 bridgehead atoms. The van der Waals surface area contributed by atoms with Crippen molar-refractivity contribution < 1.29 is 14.7 Å². The van der Waals surface area contributed by atoms with Crippen LogP contribution in [0.3, 0.4) is 0 Å². The molecular formula is C16H22N2O3. The van der Waals surface area contributed by atoms with E-state index in [9.17, 15) is 9.59 Å². The van der Waals surface area contributed by atoms with Crippen LogP contribution in [-0.4, -0.2) is 53.5 Å². The predicted octanol–water partition coefficient (Wildman–Crippen LogP) is 1.61. The van der Waals surface area contributed by atoms with Gasteiger partial charge in [-0.2, -0.15) is 0 Å². The Bertz CT molecular complexity index is 504. The molecule has 1 amide bonds. The minimum Gasteiger partial charge on any atom is -0.481 e.